The van der Waals surface area contributed by atoms with Crippen LogP contribution in [0.3, 0.4) is 0 Å². The van der Waals surface area contributed by atoms with Gasteiger partial charge in [-0.25, -0.2) is 0 Å². The van der Waals surface area contributed by atoms with Crippen LogP contribution >= 0.6 is 12.6 Å². The van der Waals surface area contributed by atoms with Crippen molar-refractivity contribution in [1.29, 1.82) is 0 Å². The maximum absolute atomic E-state index is 11.4. The lowest BCUT2D eigenvalue weighted by Gasteiger charge is -2.04. The summed E-state index contributed by atoms with van der Waals surface area (Å²) in [6.45, 7) is 2.71. The minimum atomic E-state index is -0.00665. The Morgan fingerprint density at radius 1 is 0.696 bits per heavy atom. The van der Waals surface area contributed by atoms with E-state index >= 15 is 0 Å². The number of ether oxygens (including phenoxy) is 1. The molecule has 0 aromatic heterocycles. The molecule has 138 valence electrons. The summed E-state index contributed by atoms with van der Waals surface area (Å²) in [5.74, 6) is 1.04. The molecule has 0 fully saturated rings. The summed E-state index contributed by atoms with van der Waals surface area (Å²) < 4.78 is 5.15. The normalized spacial score (nSPS) is 10.9. The van der Waals surface area contributed by atoms with Crippen molar-refractivity contribution in [1.82, 2.24) is 0 Å². The molecule has 0 aromatic carbocycles. The van der Waals surface area contributed by atoms with Crippen LogP contribution in [-0.4, -0.2) is 18.3 Å². The van der Waals surface area contributed by atoms with Gasteiger partial charge in [0.15, 0.2) is 0 Å². The SMILES string of the molecule is CCCCOC(=O)CCCCCCCCCCCCCCCS. The summed E-state index contributed by atoms with van der Waals surface area (Å²) in [6.07, 6.45) is 19.8. The van der Waals surface area contributed by atoms with Crippen molar-refractivity contribution in [3.63, 3.8) is 0 Å². The second-order valence-electron chi connectivity index (χ2n) is 6.64. The van der Waals surface area contributed by atoms with Crippen LogP contribution in [0.1, 0.15) is 110 Å². The van der Waals surface area contributed by atoms with E-state index in [0.29, 0.717) is 13.0 Å². The van der Waals surface area contributed by atoms with Gasteiger partial charge in [-0.1, -0.05) is 84.0 Å². The van der Waals surface area contributed by atoms with Gasteiger partial charge in [-0.15, -0.1) is 0 Å². The molecule has 0 aromatic rings. The van der Waals surface area contributed by atoms with E-state index in [9.17, 15) is 4.79 Å². The first kappa shape index (κ1) is 22.8. The van der Waals surface area contributed by atoms with E-state index in [1.54, 1.807) is 0 Å². The molecule has 2 nitrogen and oxygen atoms in total. The van der Waals surface area contributed by atoms with E-state index < -0.39 is 0 Å². The first-order valence-corrected chi connectivity index (χ1v) is 10.7. The lowest BCUT2D eigenvalue weighted by Crippen LogP contribution is -2.05. The van der Waals surface area contributed by atoms with E-state index in [-0.39, 0.29) is 5.97 Å². The second kappa shape index (κ2) is 19.9. The average molecular weight is 345 g/mol. The number of unbranched alkanes of at least 4 members (excludes halogenated alkanes) is 13. The van der Waals surface area contributed by atoms with Gasteiger partial charge >= 0.3 is 5.97 Å². The third kappa shape index (κ3) is 19.8. The fraction of sp³-hybridized carbons (Fsp3) is 0.950. The van der Waals surface area contributed by atoms with Crippen molar-refractivity contribution < 1.29 is 9.53 Å². The number of carbonyl (C=O) groups excluding carboxylic acids is 1. The summed E-state index contributed by atoms with van der Waals surface area (Å²) in [6, 6.07) is 0. The zero-order valence-corrected chi connectivity index (χ0v) is 16.4. The lowest BCUT2D eigenvalue weighted by molar-refractivity contribution is -0.143. The number of esters is 1. The van der Waals surface area contributed by atoms with Gasteiger partial charge in [0.05, 0.1) is 6.61 Å². The van der Waals surface area contributed by atoms with Crippen LogP contribution in [0, 0.1) is 0 Å². The second-order valence-corrected chi connectivity index (χ2v) is 7.09. The molecule has 0 bridgehead atoms. The lowest BCUT2D eigenvalue weighted by atomic mass is 10.0. The first-order valence-electron chi connectivity index (χ1n) is 10.1. The van der Waals surface area contributed by atoms with Gasteiger partial charge in [0.25, 0.3) is 0 Å². The van der Waals surface area contributed by atoms with E-state index in [0.717, 1.165) is 25.0 Å². The fourth-order valence-electron chi connectivity index (χ4n) is 2.73. The number of rotatable bonds is 18. The van der Waals surface area contributed by atoms with Crippen molar-refractivity contribution in [3.05, 3.63) is 0 Å². The summed E-state index contributed by atoms with van der Waals surface area (Å²) in [4.78, 5) is 11.4. The highest BCUT2D eigenvalue weighted by molar-refractivity contribution is 7.80. The summed E-state index contributed by atoms with van der Waals surface area (Å²) >= 11 is 4.24. The number of hydrogen-bond donors (Lipinski definition) is 1. The third-order valence-corrected chi connectivity index (χ3v) is 4.62. The maximum Gasteiger partial charge on any atom is 0.305 e. The van der Waals surface area contributed by atoms with Gasteiger partial charge in [0, 0.05) is 6.42 Å². The topological polar surface area (TPSA) is 26.3 Å². The first-order chi connectivity index (χ1) is 11.3. The van der Waals surface area contributed by atoms with Crippen molar-refractivity contribution in [2.24, 2.45) is 0 Å². The fourth-order valence-corrected chi connectivity index (χ4v) is 2.95. The molecule has 0 spiro atoms. The van der Waals surface area contributed by atoms with Gasteiger partial charge in [0.2, 0.25) is 0 Å². The average Bonchev–Trinajstić information content (AvgIpc) is 2.55. The molecule has 0 aliphatic heterocycles. The predicted octanol–water partition coefficient (Wildman–Crippen LogP) is 6.72. The molecular weight excluding hydrogens is 304 g/mol. The summed E-state index contributed by atoms with van der Waals surface area (Å²) in [5, 5.41) is 0. The van der Waals surface area contributed by atoms with E-state index in [1.165, 1.54) is 77.0 Å². The molecule has 0 unspecified atom stereocenters. The van der Waals surface area contributed by atoms with Gasteiger partial charge < -0.3 is 4.74 Å². The Hall–Kier alpha value is -0.180. The molecule has 0 amide bonds. The van der Waals surface area contributed by atoms with Crippen molar-refractivity contribution in [2.75, 3.05) is 12.4 Å². The molecule has 0 aliphatic rings. The maximum atomic E-state index is 11.4. The Kier molecular flexibility index (Phi) is 19.7. The Morgan fingerprint density at radius 3 is 1.57 bits per heavy atom. The van der Waals surface area contributed by atoms with Crippen LogP contribution in [0.4, 0.5) is 0 Å². The van der Waals surface area contributed by atoms with Gasteiger partial charge in [-0.05, 0) is 25.0 Å². The highest BCUT2D eigenvalue weighted by Gasteiger charge is 2.01. The van der Waals surface area contributed by atoms with E-state index in [4.69, 9.17) is 4.74 Å². The Balaban J connectivity index is 3.06. The molecule has 0 aliphatic carbocycles. The van der Waals surface area contributed by atoms with Crippen LogP contribution in [0.15, 0.2) is 0 Å². The zero-order valence-electron chi connectivity index (χ0n) is 15.5. The molecule has 0 heterocycles. The molecule has 0 rings (SSSR count). The van der Waals surface area contributed by atoms with E-state index in [1.807, 2.05) is 0 Å². The Morgan fingerprint density at radius 2 is 1.13 bits per heavy atom. The Labute approximate surface area is 150 Å². The molecule has 0 atom stereocenters. The molecule has 0 saturated heterocycles. The number of thiol groups is 1. The number of hydrogen-bond acceptors (Lipinski definition) is 3. The van der Waals surface area contributed by atoms with Gasteiger partial charge in [-0.3, -0.25) is 4.79 Å². The number of carbonyl (C=O) groups is 1. The highest BCUT2D eigenvalue weighted by atomic mass is 32.1. The summed E-state index contributed by atoms with van der Waals surface area (Å²) in [7, 11) is 0. The largest absolute Gasteiger partial charge is 0.466 e. The minimum Gasteiger partial charge on any atom is -0.466 e. The third-order valence-electron chi connectivity index (χ3n) is 4.30. The standard InChI is InChI=1S/C20H40O2S/c1-2-3-18-22-20(21)17-15-13-11-9-7-5-4-6-8-10-12-14-16-19-23/h23H,2-19H2,1H3. The van der Waals surface area contributed by atoms with Crippen LogP contribution in [-0.2, 0) is 9.53 Å². The molecule has 0 radical (unpaired) electrons. The summed E-state index contributed by atoms with van der Waals surface area (Å²) in [5.41, 5.74) is 0. The van der Waals surface area contributed by atoms with Crippen molar-refractivity contribution >= 4 is 18.6 Å². The van der Waals surface area contributed by atoms with Crippen LogP contribution in [0.25, 0.3) is 0 Å². The molecular formula is C20H40O2S. The van der Waals surface area contributed by atoms with Gasteiger partial charge in [-0.2, -0.15) is 12.6 Å². The van der Waals surface area contributed by atoms with E-state index in [2.05, 4.69) is 19.6 Å². The minimum absolute atomic E-state index is 0.00665. The van der Waals surface area contributed by atoms with Crippen molar-refractivity contribution in [2.45, 2.75) is 110 Å². The monoisotopic (exact) mass is 344 g/mol. The molecule has 23 heavy (non-hydrogen) atoms. The molecule has 0 saturated carbocycles. The Bertz CT molecular complexity index is 244. The van der Waals surface area contributed by atoms with Crippen molar-refractivity contribution in [3.8, 4) is 0 Å². The van der Waals surface area contributed by atoms with Gasteiger partial charge in [0.1, 0.15) is 0 Å². The predicted molar refractivity (Wildman–Crippen MR) is 104 cm³/mol. The van der Waals surface area contributed by atoms with Crippen LogP contribution < -0.4 is 0 Å². The smallest absolute Gasteiger partial charge is 0.305 e. The quantitative estimate of drug-likeness (QED) is 0.170. The highest BCUT2D eigenvalue weighted by Crippen LogP contribution is 2.13. The molecule has 0 N–H and O–H groups in total. The zero-order chi connectivity index (χ0) is 17.0. The van der Waals surface area contributed by atoms with Crippen LogP contribution in [0.5, 0.6) is 0 Å². The van der Waals surface area contributed by atoms with Crippen LogP contribution in [0.2, 0.25) is 0 Å². The molecule has 3 heteroatoms.